The van der Waals surface area contributed by atoms with Gasteiger partial charge in [0, 0.05) is 28.6 Å². The molecule has 0 saturated heterocycles. The van der Waals surface area contributed by atoms with E-state index in [2.05, 4.69) is 150 Å². The van der Waals surface area contributed by atoms with Gasteiger partial charge >= 0.3 is 0 Å². The third-order valence-corrected chi connectivity index (χ3v) is 8.87. The van der Waals surface area contributed by atoms with E-state index in [4.69, 9.17) is 0 Å². The lowest BCUT2D eigenvalue weighted by molar-refractivity contribution is 0.427. The number of hydrogen-bond donors (Lipinski definition) is 1. The van der Waals surface area contributed by atoms with Crippen LogP contribution in [-0.4, -0.2) is 21.8 Å². The van der Waals surface area contributed by atoms with Crippen molar-refractivity contribution >= 4 is 22.7 Å². The highest BCUT2D eigenvalue weighted by atomic mass is 32.1. The van der Waals surface area contributed by atoms with Crippen molar-refractivity contribution in [3.63, 3.8) is 0 Å². The summed E-state index contributed by atoms with van der Waals surface area (Å²) in [6.07, 6.45) is 15.7. The smallest absolute Gasteiger partial charge is 0.147 e. The molecule has 1 heterocycles. The number of aryl methyl sites for hydroxylation is 1. The van der Waals surface area contributed by atoms with Crippen LogP contribution in [0.4, 0.5) is 11.4 Å². The molecule has 0 saturated carbocycles. The quantitative estimate of drug-likeness (QED) is 0.255. The van der Waals surface area contributed by atoms with Crippen LogP contribution in [0, 0.1) is 12.8 Å². The average Bonchev–Trinajstić information content (AvgIpc) is 3.46. The van der Waals surface area contributed by atoms with Crippen LogP contribution in [-0.2, 0) is 0 Å². The minimum absolute atomic E-state index is 0.0555. The lowest BCUT2D eigenvalue weighted by atomic mass is 9.84. The molecule has 0 spiro atoms. The summed E-state index contributed by atoms with van der Waals surface area (Å²) in [4.78, 5) is 2.45. The van der Waals surface area contributed by atoms with Gasteiger partial charge in [0.25, 0.3) is 0 Å². The number of anilines is 2. The van der Waals surface area contributed by atoms with Crippen molar-refractivity contribution in [2.24, 2.45) is 5.92 Å². The van der Waals surface area contributed by atoms with Gasteiger partial charge in [-0.3, -0.25) is 0 Å². The molecule has 0 radical (unpaired) electrons. The Morgan fingerprint density at radius 2 is 1.57 bits per heavy atom. The zero-order valence-electron chi connectivity index (χ0n) is 23.1. The first-order valence-corrected chi connectivity index (χ1v) is 14.7. The van der Waals surface area contributed by atoms with Crippen LogP contribution in [0.25, 0.3) is 10.6 Å². The number of nitrogens with one attached hydrogen (secondary N) is 1. The Kier molecular flexibility index (Phi) is 7.23. The minimum Gasteiger partial charge on any atom is -0.374 e. The molecule has 1 aromatic heterocycles. The van der Waals surface area contributed by atoms with Crippen molar-refractivity contribution < 1.29 is 0 Å². The van der Waals surface area contributed by atoms with Gasteiger partial charge in [-0.15, -0.1) is 10.2 Å². The summed E-state index contributed by atoms with van der Waals surface area (Å²) in [6.45, 7) is 6.73. The van der Waals surface area contributed by atoms with Crippen LogP contribution in [0.5, 0.6) is 0 Å². The number of rotatable bonds is 7. The van der Waals surface area contributed by atoms with E-state index in [-0.39, 0.29) is 23.4 Å². The Morgan fingerprint density at radius 1 is 0.850 bits per heavy atom. The summed E-state index contributed by atoms with van der Waals surface area (Å²) in [5.41, 5.74) is 5.52. The standard InChI is InChI=1S/C35H34N4S/c1-25-14-10-11-19-31(25)39(29-17-8-5-9-18-29)32-20-12-13-23-35(32,3)36-28-21-22-30(26(2)24-28)34-38-37-33(40-34)27-15-6-4-7-16-27/h4-24,26,30,32,36H,1-3H3. The number of nitrogens with zero attached hydrogens (tertiary/aromatic N) is 3. The first-order chi connectivity index (χ1) is 19.5. The van der Waals surface area contributed by atoms with E-state index in [0.29, 0.717) is 0 Å². The van der Waals surface area contributed by atoms with Gasteiger partial charge in [-0.2, -0.15) is 0 Å². The summed E-state index contributed by atoms with van der Waals surface area (Å²) in [5, 5.41) is 15.0. The second kappa shape index (κ2) is 11.1. The van der Waals surface area contributed by atoms with Gasteiger partial charge in [-0.05, 0) is 49.6 Å². The molecule has 3 aromatic carbocycles. The molecule has 4 atom stereocenters. The zero-order chi connectivity index (χ0) is 27.5. The van der Waals surface area contributed by atoms with E-state index in [0.717, 1.165) is 21.3 Å². The molecule has 2 aliphatic rings. The molecule has 4 aromatic rings. The molecule has 4 unspecified atom stereocenters. The molecule has 200 valence electrons. The Bertz CT molecular complexity index is 1580. The molecular formula is C35H34N4S. The van der Waals surface area contributed by atoms with Crippen molar-refractivity contribution in [1.29, 1.82) is 0 Å². The molecule has 1 N–H and O–H groups in total. The summed E-state index contributed by atoms with van der Waals surface area (Å²) in [7, 11) is 0. The summed E-state index contributed by atoms with van der Waals surface area (Å²) in [6, 6.07) is 29.6. The average molecular weight is 543 g/mol. The van der Waals surface area contributed by atoms with Crippen LogP contribution >= 0.6 is 11.3 Å². The van der Waals surface area contributed by atoms with Crippen LogP contribution in [0.1, 0.15) is 30.3 Å². The zero-order valence-corrected chi connectivity index (χ0v) is 23.9. The van der Waals surface area contributed by atoms with Gasteiger partial charge in [0.2, 0.25) is 0 Å². The monoisotopic (exact) mass is 542 g/mol. The molecule has 2 aliphatic carbocycles. The third kappa shape index (κ3) is 5.17. The highest BCUT2D eigenvalue weighted by Crippen LogP contribution is 2.39. The van der Waals surface area contributed by atoms with Gasteiger partial charge in [-0.25, -0.2) is 0 Å². The molecule has 40 heavy (non-hydrogen) atoms. The van der Waals surface area contributed by atoms with Gasteiger partial charge in [0.1, 0.15) is 10.0 Å². The van der Waals surface area contributed by atoms with E-state index in [9.17, 15) is 0 Å². The van der Waals surface area contributed by atoms with Gasteiger partial charge in [0.15, 0.2) is 0 Å². The van der Waals surface area contributed by atoms with E-state index in [1.165, 1.54) is 16.9 Å². The second-order valence-electron chi connectivity index (χ2n) is 10.8. The summed E-state index contributed by atoms with van der Waals surface area (Å²) >= 11 is 1.68. The topological polar surface area (TPSA) is 41.0 Å². The maximum atomic E-state index is 4.57. The highest BCUT2D eigenvalue weighted by Gasteiger charge is 2.38. The summed E-state index contributed by atoms with van der Waals surface area (Å²) < 4.78 is 0. The fourth-order valence-electron chi connectivity index (χ4n) is 5.66. The maximum Gasteiger partial charge on any atom is 0.147 e. The van der Waals surface area contributed by atoms with Crippen molar-refractivity contribution in [3.05, 3.63) is 144 Å². The second-order valence-corrected chi connectivity index (χ2v) is 11.8. The lowest BCUT2D eigenvalue weighted by Crippen LogP contribution is -2.56. The molecule has 0 aliphatic heterocycles. The number of aromatic nitrogens is 2. The van der Waals surface area contributed by atoms with Gasteiger partial charge in [0.05, 0.1) is 11.6 Å². The van der Waals surface area contributed by atoms with E-state index in [1.54, 1.807) is 11.3 Å². The minimum atomic E-state index is -0.348. The highest BCUT2D eigenvalue weighted by molar-refractivity contribution is 7.14. The maximum absolute atomic E-state index is 4.57. The van der Waals surface area contributed by atoms with Crippen molar-refractivity contribution in [3.8, 4) is 10.6 Å². The van der Waals surface area contributed by atoms with E-state index >= 15 is 0 Å². The third-order valence-electron chi connectivity index (χ3n) is 7.80. The first-order valence-electron chi connectivity index (χ1n) is 13.8. The fourth-order valence-corrected chi connectivity index (χ4v) is 6.70. The van der Waals surface area contributed by atoms with Crippen LogP contribution < -0.4 is 10.2 Å². The largest absolute Gasteiger partial charge is 0.374 e. The van der Waals surface area contributed by atoms with Crippen molar-refractivity contribution in [1.82, 2.24) is 15.5 Å². The molecule has 6 rings (SSSR count). The molecule has 0 fully saturated rings. The Hall–Kier alpha value is -4.22. The van der Waals surface area contributed by atoms with Crippen LogP contribution in [0.3, 0.4) is 0 Å². The Morgan fingerprint density at radius 3 is 2.33 bits per heavy atom. The Balaban J connectivity index is 1.27. The van der Waals surface area contributed by atoms with Gasteiger partial charge in [-0.1, -0.05) is 121 Å². The number of para-hydroxylation sites is 2. The first kappa shape index (κ1) is 26.0. The normalized spacial score (nSPS) is 23.6. The molecule has 0 bridgehead atoms. The SMILES string of the molecule is Cc1ccccc1N(c1ccccc1)C1C=CC=CC1(C)NC1=CC(C)C(c2nnc(-c3ccccc3)s2)C=C1. The Labute approximate surface area is 241 Å². The number of benzene rings is 3. The van der Waals surface area contributed by atoms with Crippen LogP contribution in [0.15, 0.2) is 133 Å². The number of hydrogen-bond acceptors (Lipinski definition) is 5. The predicted molar refractivity (Wildman–Crippen MR) is 168 cm³/mol. The van der Waals surface area contributed by atoms with Crippen molar-refractivity contribution in [2.75, 3.05) is 4.90 Å². The van der Waals surface area contributed by atoms with Crippen LogP contribution in [0.2, 0.25) is 0 Å². The van der Waals surface area contributed by atoms with Gasteiger partial charge < -0.3 is 10.2 Å². The van der Waals surface area contributed by atoms with E-state index < -0.39 is 0 Å². The summed E-state index contributed by atoms with van der Waals surface area (Å²) in [5.74, 6) is 0.495. The molecule has 5 heteroatoms. The number of allylic oxidation sites excluding steroid dienone is 5. The molecule has 4 nitrogen and oxygen atoms in total. The predicted octanol–water partition coefficient (Wildman–Crippen LogP) is 8.37. The van der Waals surface area contributed by atoms with E-state index in [1.807, 2.05) is 18.2 Å². The fraction of sp³-hybridized carbons (Fsp3) is 0.200. The molecule has 0 amide bonds. The lowest BCUT2D eigenvalue weighted by Gasteiger charge is -2.45. The molecular weight excluding hydrogens is 508 g/mol. The van der Waals surface area contributed by atoms with Crippen molar-refractivity contribution in [2.45, 2.75) is 38.3 Å².